The van der Waals surface area contributed by atoms with Crippen LogP contribution in [-0.2, 0) is 14.3 Å². The molecule has 0 unspecified atom stereocenters. The highest BCUT2D eigenvalue weighted by atomic mass is 16.6. The Morgan fingerprint density at radius 3 is 2.17 bits per heavy atom. The third kappa shape index (κ3) is 4.78. The van der Waals surface area contributed by atoms with Crippen molar-refractivity contribution < 1.29 is 19.1 Å². The first-order chi connectivity index (χ1) is 14.0. The van der Waals surface area contributed by atoms with Crippen molar-refractivity contribution in [2.45, 2.75) is 19.8 Å². The van der Waals surface area contributed by atoms with Crippen LogP contribution in [0.4, 0.5) is 4.79 Å². The van der Waals surface area contributed by atoms with E-state index in [4.69, 9.17) is 15.9 Å². The molecule has 5 nitrogen and oxygen atoms in total. The molecule has 0 fully saturated rings. The first-order valence-electron chi connectivity index (χ1n) is 9.70. The molecule has 0 saturated carbocycles. The molecule has 29 heavy (non-hydrogen) atoms. The lowest BCUT2D eigenvalue weighted by Gasteiger charge is -2.21. The molecule has 2 aromatic rings. The van der Waals surface area contributed by atoms with Gasteiger partial charge >= 0.3 is 12.1 Å². The van der Waals surface area contributed by atoms with Gasteiger partial charge in [-0.05, 0) is 28.2 Å². The summed E-state index contributed by atoms with van der Waals surface area (Å²) in [5.41, 5.74) is 4.56. The standard InChI is InChI=1S/C24H25NO4/c1-4-13-25(14-23(26)28-15-17(2)3)24(27)29-16-22-20-11-7-5-9-18(20)19-10-6-8-12-21(19)22/h1,5-12,17,22H,13-16H2,2-3H3. The molecule has 0 atom stereocenters. The summed E-state index contributed by atoms with van der Waals surface area (Å²) in [5, 5.41) is 0. The summed E-state index contributed by atoms with van der Waals surface area (Å²) in [7, 11) is 0. The van der Waals surface area contributed by atoms with Crippen LogP contribution in [0.25, 0.3) is 11.1 Å². The van der Waals surface area contributed by atoms with E-state index >= 15 is 0 Å². The van der Waals surface area contributed by atoms with Crippen molar-refractivity contribution in [1.82, 2.24) is 4.90 Å². The summed E-state index contributed by atoms with van der Waals surface area (Å²) in [4.78, 5) is 25.8. The molecular weight excluding hydrogens is 366 g/mol. The number of fused-ring (bicyclic) bond motifs is 3. The molecule has 0 aliphatic heterocycles. The molecular formula is C24H25NO4. The van der Waals surface area contributed by atoms with Crippen molar-refractivity contribution in [2.75, 3.05) is 26.3 Å². The van der Waals surface area contributed by atoms with Gasteiger partial charge in [0, 0.05) is 5.92 Å². The van der Waals surface area contributed by atoms with Crippen molar-refractivity contribution in [3.8, 4) is 23.5 Å². The Hall–Kier alpha value is -3.26. The van der Waals surface area contributed by atoms with E-state index in [0.29, 0.717) is 6.61 Å². The highest BCUT2D eigenvalue weighted by Gasteiger charge is 2.30. The summed E-state index contributed by atoms with van der Waals surface area (Å²) in [5.74, 6) is 2.07. The number of hydrogen-bond donors (Lipinski definition) is 0. The largest absolute Gasteiger partial charge is 0.464 e. The molecule has 2 aromatic carbocycles. The van der Waals surface area contributed by atoms with Gasteiger partial charge in [0.1, 0.15) is 13.2 Å². The molecule has 0 aromatic heterocycles. The Bertz CT molecular complexity index is 883. The molecule has 0 N–H and O–H groups in total. The molecule has 0 spiro atoms. The fraction of sp³-hybridized carbons (Fsp3) is 0.333. The molecule has 5 heteroatoms. The maximum Gasteiger partial charge on any atom is 0.411 e. The van der Waals surface area contributed by atoms with Crippen LogP contribution in [0.2, 0.25) is 0 Å². The number of hydrogen-bond acceptors (Lipinski definition) is 4. The van der Waals surface area contributed by atoms with Crippen LogP contribution in [0.1, 0.15) is 30.9 Å². The third-order valence-corrected chi connectivity index (χ3v) is 4.77. The first-order valence-corrected chi connectivity index (χ1v) is 9.70. The van der Waals surface area contributed by atoms with E-state index in [1.165, 1.54) is 4.90 Å². The van der Waals surface area contributed by atoms with E-state index in [0.717, 1.165) is 22.3 Å². The molecule has 0 bridgehead atoms. The average Bonchev–Trinajstić information content (AvgIpc) is 3.04. The smallest absolute Gasteiger partial charge is 0.411 e. The van der Waals surface area contributed by atoms with Crippen molar-refractivity contribution in [1.29, 1.82) is 0 Å². The van der Waals surface area contributed by atoms with Gasteiger partial charge in [-0.1, -0.05) is 68.3 Å². The zero-order valence-electron chi connectivity index (χ0n) is 16.8. The Labute approximate surface area is 171 Å². The van der Waals surface area contributed by atoms with E-state index in [2.05, 4.69) is 30.2 Å². The number of benzene rings is 2. The van der Waals surface area contributed by atoms with Crippen molar-refractivity contribution in [2.24, 2.45) is 5.92 Å². The van der Waals surface area contributed by atoms with Crippen LogP contribution in [0, 0.1) is 18.3 Å². The number of carbonyl (C=O) groups excluding carboxylic acids is 2. The van der Waals surface area contributed by atoms with E-state index < -0.39 is 12.1 Å². The van der Waals surface area contributed by atoms with Gasteiger partial charge in [-0.25, -0.2) is 4.79 Å². The third-order valence-electron chi connectivity index (χ3n) is 4.77. The minimum Gasteiger partial charge on any atom is -0.464 e. The summed E-state index contributed by atoms with van der Waals surface area (Å²) >= 11 is 0. The van der Waals surface area contributed by atoms with Crippen LogP contribution >= 0.6 is 0 Å². The Morgan fingerprint density at radius 1 is 1.03 bits per heavy atom. The normalized spacial score (nSPS) is 12.1. The predicted molar refractivity (Wildman–Crippen MR) is 111 cm³/mol. The van der Waals surface area contributed by atoms with Gasteiger partial charge in [-0.2, -0.15) is 0 Å². The summed E-state index contributed by atoms with van der Waals surface area (Å²) in [6, 6.07) is 16.2. The number of terminal acetylenes is 1. The minimum atomic E-state index is -0.619. The van der Waals surface area contributed by atoms with E-state index in [1.807, 2.05) is 38.1 Å². The monoisotopic (exact) mass is 391 g/mol. The molecule has 1 aliphatic rings. The number of ether oxygens (including phenoxy) is 2. The maximum absolute atomic E-state index is 12.6. The van der Waals surface area contributed by atoms with Gasteiger partial charge in [0.15, 0.2) is 0 Å². The lowest BCUT2D eigenvalue weighted by atomic mass is 9.98. The van der Waals surface area contributed by atoms with Crippen LogP contribution in [0.15, 0.2) is 48.5 Å². The summed E-state index contributed by atoms with van der Waals surface area (Å²) in [6.07, 6.45) is 4.74. The number of amides is 1. The second-order valence-electron chi connectivity index (χ2n) is 7.44. The molecule has 1 aliphatic carbocycles. The van der Waals surface area contributed by atoms with Gasteiger partial charge < -0.3 is 9.47 Å². The van der Waals surface area contributed by atoms with Crippen LogP contribution in [-0.4, -0.2) is 43.3 Å². The molecule has 3 rings (SSSR count). The Morgan fingerprint density at radius 2 is 1.62 bits per heavy atom. The van der Waals surface area contributed by atoms with Gasteiger partial charge in [0.05, 0.1) is 13.2 Å². The SMILES string of the molecule is C#CCN(CC(=O)OCC(C)C)C(=O)OCC1c2ccccc2-c2ccccc21. The summed E-state index contributed by atoms with van der Waals surface area (Å²) in [6.45, 7) is 4.11. The van der Waals surface area contributed by atoms with E-state index in [1.54, 1.807) is 0 Å². The fourth-order valence-corrected chi connectivity index (χ4v) is 3.44. The number of rotatable bonds is 7. The number of nitrogens with zero attached hydrogens (tertiary/aromatic N) is 1. The topological polar surface area (TPSA) is 55.8 Å². The highest BCUT2D eigenvalue weighted by molar-refractivity contribution is 5.80. The average molecular weight is 391 g/mol. The maximum atomic E-state index is 12.6. The number of esters is 1. The zero-order chi connectivity index (χ0) is 20.8. The van der Waals surface area contributed by atoms with Gasteiger partial charge in [0.25, 0.3) is 0 Å². The van der Waals surface area contributed by atoms with Gasteiger partial charge in [0.2, 0.25) is 0 Å². The molecule has 0 heterocycles. The second kappa shape index (κ2) is 9.29. The number of carbonyl (C=O) groups is 2. The van der Waals surface area contributed by atoms with E-state index in [-0.39, 0.29) is 31.5 Å². The Balaban J connectivity index is 1.67. The molecule has 150 valence electrons. The van der Waals surface area contributed by atoms with Crippen LogP contribution < -0.4 is 0 Å². The van der Waals surface area contributed by atoms with Crippen molar-refractivity contribution in [3.05, 3.63) is 59.7 Å². The fourth-order valence-electron chi connectivity index (χ4n) is 3.44. The quantitative estimate of drug-likeness (QED) is 0.527. The minimum absolute atomic E-state index is 0.0204. The summed E-state index contributed by atoms with van der Waals surface area (Å²) < 4.78 is 10.7. The van der Waals surface area contributed by atoms with Gasteiger partial charge in [-0.15, -0.1) is 6.42 Å². The molecule has 1 amide bonds. The highest BCUT2D eigenvalue weighted by Crippen LogP contribution is 2.44. The molecule has 0 radical (unpaired) electrons. The Kier molecular flexibility index (Phi) is 6.56. The predicted octanol–water partition coefficient (Wildman–Crippen LogP) is 4.07. The van der Waals surface area contributed by atoms with Crippen LogP contribution in [0.3, 0.4) is 0 Å². The van der Waals surface area contributed by atoms with Crippen molar-refractivity contribution >= 4 is 12.1 Å². The van der Waals surface area contributed by atoms with Gasteiger partial charge in [-0.3, -0.25) is 9.69 Å². The molecule has 0 saturated heterocycles. The van der Waals surface area contributed by atoms with Crippen LogP contribution in [0.5, 0.6) is 0 Å². The van der Waals surface area contributed by atoms with E-state index in [9.17, 15) is 9.59 Å². The second-order valence-corrected chi connectivity index (χ2v) is 7.44. The lowest BCUT2D eigenvalue weighted by molar-refractivity contribution is -0.145. The first kappa shape index (κ1) is 20.5. The zero-order valence-corrected chi connectivity index (χ0v) is 16.8. The lowest BCUT2D eigenvalue weighted by Crippen LogP contribution is -2.38. The van der Waals surface area contributed by atoms with Crippen molar-refractivity contribution in [3.63, 3.8) is 0 Å².